The summed E-state index contributed by atoms with van der Waals surface area (Å²) < 4.78 is 5.56. The van der Waals surface area contributed by atoms with Gasteiger partial charge in [-0.05, 0) is 50.2 Å². The maximum absolute atomic E-state index is 10.5. The number of allylic oxidation sites excluding steroid dienone is 5. The van der Waals surface area contributed by atoms with Gasteiger partial charge in [-0.3, -0.25) is 4.79 Å². The van der Waals surface area contributed by atoms with E-state index in [1.54, 1.807) is 18.2 Å². The van der Waals surface area contributed by atoms with Gasteiger partial charge >= 0.3 is 5.97 Å². The van der Waals surface area contributed by atoms with Crippen molar-refractivity contribution in [2.75, 3.05) is 6.61 Å². The zero-order chi connectivity index (χ0) is 21.2. The Bertz CT molecular complexity index is 654. The Labute approximate surface area is 176 Å². The van der Waals surface area contributed by atoms with E-state index in [1.807, 2.05) is 18.2 Å². The predicted octanol–water partition coefficient (Wildman–Crippen LogP) is 3.28. The molecule has 2 rings (SSSR count). The highest BCUT2D eigenvalue weighted by atomic mass is 35.5. The third-order valence-corrected chi connectivity index (χ3v) is 5.55. The van der Waals surface area contributed by atoms with Gasteiger partial charge in [0.15, 0.2) is 0 Å². The molecule has 5 atom stereocenters. The van der Waals surface area contributed by atoms with Crippen molar-refractivity contribution in [3.05, 3.63) is 47.2 Å². The number of carboxylic acids is 1. The molecule has 0 aromatic rings. The smallest absolute Gasteiger partial charge is 0.303 e. The van der Waals surface area contributed by atoms with Gasteiger partial charge in [-0.1, -0.05) is 35.9 Å². The first-order valence-electron chi connectivity index (χ1n) is 10.1. The number of unbranched alkanes of at least 4 members (excludes halogenated alkanes) is 1. The number of carbonyl (C=O) groups is 1. The molecular weight excluding hydrogens is 396 g/mol. The van der Waals surface area contributed by atoms with E-state index in [1.165, 1.54) is 0 Å². The number of hydrogen-bond donors (Lipinski definition) is 4. The van der Waals surface area contributed by atoms with Gasteiger partial charge in [0, 0.05) is 23.8 Å². The third kappa shape index (κ3) is 8.34. The molecule has 0 saturated heterocycles. The van der Waals surface area contributed by atoms with Crippen LogP contribution in [0.25, 0.3) is 0 Å². The van der Waals surface area contributed by atoms with Gasteiger partial charge in [0.05, 0.1) is 12.2 Å². The van der Waals surface area contributed by atoms with E-state index < -0.39 is 24.3 Å². The number of ether oxygens (including phenoxy) is 1. The van der Waals surface area contributed by atoms with Crippen LogP contribution in [0.4, 0.5) is 0 Å². The van der Waals surface area contributed by atoms with E-state index in [0.717, 1.165) is 17.9 Å². The van der Waals surface area contributed by atoms with E-state index in [9.17, 15) is 20.1 Å². The highest BCUT2D eigenvalue weighted by Gasteiger charge is 2.39. The zero-order valence-corrected chi connectivity index (χ0v) is 17.2. The van der Waals surface area contributed by atoms with E-state index in [4.69, 9.17) is 21.4 Å². The van der Waals surface area contributed by atoms with Crippen molar-refractivity contribution >= 4 is 17.6 Å². The lowest BCUT2D eigenvalue weighted by molar-refractivity contribution is -0.137. The average Bonchev–Trinajstić information content (AvgIpc) is 2.93. The number of halogens is 1. The summed E-state index contributed by atoms with van der Waals surface area (Å²) in [6.07, 6.45) is 12.7. The summed E-state index contributed by atoms with van der Waals surface area (Å²) in [5.74, 6) is -0.560. The van der Waals surface area contributed by atoms with E-state index in [2.05, 4.69) is 0 Å². The van der Waals surface area contributed by atoms with Gasteiger partial charge in [0.2, 0.25) is 0 Å². The number of aliphatic hydroxyl groups is 3. The standard InChI is InChI=1S/C22H31ClO6/c23-15-6-5-7-17(12-15)29-14-16(24)10-11-19-18(20(25)13-21(19)26)8-3-1-2-4-9-22(27)28/h1,3,7,10-12,16,18-21,24-26H,2,4-6,8-9,13-14H2,(H,27,28)/b3-1-,11-10+/t16-,18-,19-,20+,21-/m1/s1. The molecule has 2 aliphatic carbocycles. The molecule has 162 valence electrons. The molecule has 0 amide bonds. The number of aliphatic hydroxyl groups excluding tert-OH is 3. The fraction of sp³-hybridized carbons (Fsp3) is 0.591. The first-order chi connectivity index (χ1) is 13.9. The lowest BCUT2D eigenvalue weighted by Crippen LogP contribution is -2.21. The van der Waals surface area contributed by atoms with Gasteiger partial charge < -0.3 is 25.2 Å². The average molecular weight is 427 g/mol. The Hall–Kier alpha value is -1.60. The van der Waals surface area contributed by atoms with Crippen LogP contribution in [0.15, 0.2) is 47.2 Å². The van der Waals surface area contributed by atoms with Gasteiger partial charge in [0.1, 0.15) is 18.5 Å². The van der Waals surface area contributed by atoms with Crippen molar-refractivity contribution in [3.63, 3.8) is 0 Å². The largest absolute Gasteiger partial charge is 0.491 e. The predicted molar refractivity (Wildman–Crippen MR) is 111 cm³/mol. The Kier molecular flexibility index (Phi) is 9.94. The summed E-state index contributed by atoms with van der Waals surface area (Å²) >= 11 is 5.98. The molecule has 1 fully saturated rings. The molecule has 0 aromatic heterocycles. The van der Waals surface area contributed by atoms with Gasteiger partial charge in [0.25, 0.3) is 0 Å². The Morgan fingerprint density at radius 2 is 2.10 bits per heavy atom. The van der Waals surface area contributed by atoms with Crippen molar-refractivity contribution in [3.8, 4) is 0 Å². The molecule has 29 heavy (non-hydrogen) atoms. The van der Waals surface area contributed by atoms with Crippen LogP contribution in [0.1, 0.15) is 44.9 Å². The molecule has 2 aliphatic rings. The van der Waals surface area contributed by atoms with E-state index in [0.29, 0.717) is 31.4 Å². The van der Waals surface area contributed by atoms with Crippen LogP contribution in [0.5, 0.6) is 0 Å². The van der Waals surface area contributed by atoms with Crippen LogP contribution >= 0.6 is 11.6 Å². The fourth-order valence-electron chi connectivity index (χ4n) is 3.68. The minimum atomic E-state index is -0.831. The summed E-state index contributed by atoms with van der Waals surface area (Å²) in [5, 5.41) is 40.0. The Morgan fingerprint density at radius 3 is 2.83 bits per heavy atom. The van der Waals surface area contributed by atoms with Crippen LogP contribution < -0.4 is 0 Å². The lowest BCUT2D eigenvalue weighted by Gasteiger charge is -2.20. The second-order valence-corrected chi connectivity index (χ2v) is 8.09. The minimum Gasteiger partial charge on any atom is -0.491 e. The topological polar surface area (TPSA) is 107 Å². The first-order valence-corrected chi connectivity index (χ1v) is 10.5. The Balaban J connectivity index is 1.81. The van der Waals surface area contributed by atoms with Crippen LogP contribution in [0, 0.1) is 11.8 Å². The molecule has 4 N–H and O–H groups in total. The Morgan fingerprint density at radius 1 is 1.31 bits per heavy atom. The molecule has 0 aromatic carbocycles. The van der Waals surface area contributed by atoms with Crippen molar-refractivity contribution < 1.29 is 30.0 Å². The summed E-state index contributed by atoms with van der Waals surface area (Å²) in [6.45, 7) is 0.0858. The van der Waals surface area contributed by atoms with Crippen LogP contribution in [0.2, 0.25) is 0 Å². The third-order valence-electron chi connectivity index (χ3n) is 5.26. The van der Waals surface area contributed by atoms with Gasteiger partial charge in [-0.2, -0.15) is 0 Å². The van der Waals surface area contributed by atoms with Crippen molar-refractivity contribution in [2.24, 2.45) is 11.8 Å². The number of hydrogen-bond acceptors (Lipinski definition) is 5. The molecule has 7 heteroatoms. The van der Waals surface area contributed by atoms with E-state index >= 15 is 0 Å². The highest BCUT2D eigenvalue weighted by Crippen LogP contribution is 2.36. The highest BCUT2D eigenvalue weighted by molar-refractivity contribution is 6.29. The molecule has 0 unspecified atom stereocenters. The lowest BCUT2D eigenvalue weighted by atomic mass is 9.89. The first kappa shape index (κ1) is 23.7. The maximum atomic E-state index is 10.5. The zero-order valence-electron chi connectivity index (χ0n) is 16.5. The summed E-state index contributed by atoms with van der Waals surface area (Å²) in [7, 11) is 0. The van der Waals surface area contributed by atoms with Crippen LogP contribution in [-0.4, -0.2) is 51.3 Å². The minimum absolute atomic E-state index is 0.0858. The SMILES string of the molecule is O=C(O)CCC/C=C\C[C@@H]1[C@@H](/C=C/[C@@H](O)COC2=CCCC(Cl)=C2)[C@H](O)C[C@@H]1O. The quantitative estimate of drug-likeness (QED) is 0.298. The number of aliphatic carboxylic acids is 1. The molecule has 0 radical (unpaired) electrons. The van der Waals surface area contributed by atoms with Gasteiger partial charge in [-0.15, -0.1) is 0 Å². The van der Waals surface area contributed by atoms with Crippen LogP contribution in [0.3, 0.4) is 0 Å². The second-order valence-electron chi connectivity index (χ2n) is 7.60. The molecule has 0 bridgehead atoms. The van der Waals surface area contributed by atoms with Crippen molar-refractivity contribution in [1.29, 1.82) is 0 Å². The summed E-state index contributed by atoms with van der Waals surface area (Å²) in [4.78, 5) is 10.5. The van der Waals surface area contributed by atoms with E-state index in [-0.39, 0.29) is 24.9 Å². The molecule has 0 spiro atoms. The van der Waals surface area contributed by atoms with Crippen molar-refractivity contribution in [2.45, 2.75) is 63.3 Å². The molecule has 1 saturated carbocycles. The second kappa shape index (κ2) is 12.2. The van der Waals surface area contributed by atoms with Gasteiger partial charge in [-0.25, -0.2) is 0 Å². The molecular formula is C22H31ClO6. The van der Waals surface area contributed by atoms with Crippen LogP contribution in [-0.2, 0) is 9.53 Å². The van der Waals surface area contributed by atoms with Crippen molar-refractivity contribution in [1.82, 2.24) is 0 Å². The summed E-state index contributed by atoms with van der Waals surface area (Å²) in [6, 6.07) is 0. The monoisotopic (exact) mass is 426 g/mol. The fourth-order valence-corrected chi connectivity index (χ4v) is 3.90. The maximum Gasteiger partial charge on any atom is 0.303 e. The number of rotatable bonds is 11. The molecule has 0 aliphatic heterocycles. The molecule has 0 heterocycles. The number of carboxylic acid groups (broad SMARTS) is 1. The normalized spacial score (nSPS) is 28.6. The summed E-state index contributed by atoms with van der Waals surface area (Å²) in [5.41, 5.74) is 0. The molecule has 6 nitrogen and oxygen atoms in total.